The molecule has 132 valence electrons. The molecule has 1 amide bonds. The third-order valence-electron chi connectivity index (χ3n) is 4.33. The molecule has 3 rings (SSSR count). The van der Waals surface area contributed by atoms with E-state index < -0.39 is 15.8 Å². The number of fused-ring (bicyclic) bond motifs is 1. The minimum Gasteiger partial charge on any atom is -0.311 e. The van der Waals surface area contributed by atoms with Gasteiger partial charge in [-0.1, -0.05) is 13.8 Å². The molecule has 0 bridgehead atoms. The van der Waals surface area contributed by atoms with Crippen molar-refractivity contribution in [3.8, 4) is 0 Å². The maximum absolute atomic E-state index is 13.0. The summed E-state index contributed by atoms with van der Waals surface area (Å²) in [5.41, 5.74) is 1.48. The van der Waals surface area contributed by atoms with Crippen LogP contribution in [-0.2, 0) is 20.2 Å². The van der Waals surface area contributed by atoms with Crippen LogP contribution >= 0.6 is 0 Å². The lowest BCUT2D eigenvalue weighted by molar-refractivity contribution is -0.116. The number of carbonyl (C=O) groups is 1. The van der Waals surface area contributed by atoms with Crippen LogP contribution in [0, 0.1) is 5.82 Å². The number of rotatable bonds is 3. The van der Waals surface area contributed by atoms with E-state index in [1.807, 2.05) is 13.8 Å². The Morgan fingerprint density at radius 3 is 2.40 bits per heavy atom. The summed E-state index contributed by atoms with van der Waals surface area (Å²) < 4.78 is 40.7. The van der Waals surface area contributed by atoms with Crippen LogP contribution in [0.3, 0.4) is 0 Å². The fourth-order valence-electron chi connectivity index (χ4n) is 3.04. The van der Waals surface area contributed by atoms with Gasteiger partial charge >= 0.3 is 0 Å². The highest BCUT2D eigenvalue weighted by atomic mass is 32.2. The van der Waals surface area contributed by atoms with E-state index in [1.54, 1.807) is 17.0 Å². The predicted molar refractivity (Wildman–Crippen MR) is 94.7 cm³/mol. The molecule has 5 nitrogen and oxygen atoms in total. The second-order valence-corrected chi connectivity index (χ2v) is 8.46. The lowest BCUT2D eigenvalue weighted by Crippen LogP contribution is -2.31. The lowest BCUT2D eigenvalue weighted by atomic mass is 9.87. The smallest absolute Gasteiger partial charge is 0.261 e. The molecule has 2 aromatic rings. The number of anilines is 2. The van der Waals surface area contributed by atoms with Crippen LogP contribution in [0.15, 0.2) is 47.4 Å². The van der Waals surface area contributed by atoms with E-state index in [2.05, 4.69) is 4.72 Å². The molecule has 1 N–H and O–H groups in total. The van der Waals surface area contributed by atoms with E-state index in [9.17, 15) is 17.6 Å². The summed E-state index contributed by atoms with van der Waals surface area (Å²) in [6.45, 7) is 5.94. The molecule has 2 aromatic carbocycles. The van der Waals surface area contributed by atoms with Gasteiger partial charge < -0.3 is 4.90 Å². The Morgan fingerprint density at radius 2 is 1.80 bits per heavy atom. The van der Waals surface area contributed by atoms with Gasteiger partial charge in [-0.15, -0.1) is 0 Å². The van der Waals surface area contributed by atoms with E-state index in [0.717, 1.165) is 11.3 Å². The molecule has 0 radical (unpaired) electrons. The third kappa shape index (κ3) is 3.24. The summed E-state index contributed by atoms with van der Waals surface area (Å²) in [7, 11) is -3.81. The zero-order valence-electron chi connectivity index (χ0n) is 14.2. The Kier molecular flexibility index (Phi) is 4.07. The highest BCUT2D eigenvalue weighted by Crippen LogP contribution is 2.41. The summed E-state index contributed by atoms with van der Waals surface area (Å²) in [6, 6.07) is 9.84. The van der Waals surface area contributed by atoms with Crippen molar-refractivity contribution >= 4 is 27.3 Å². The maximum Gasteiger partial charge on any atom is 0.261 e. The minimum absolute atomic E-state index is 0.0770. The molecule has 1 heterocycles. The summed E-state index contributed by atoms with van der Waals surface area (Å²) in [6.07, 6.45) is 0. The quantitative estimate of drug-likeness (QED) is 0.911. The van der Waals surface area contributed by atoms with Gasteiger partial charge in [-0.25, -0.2) is 12.8 Å². The van der Waals surface area contributed by atoms with Gasteiger partial charge in [0.2, 0.25) is 5.91 Å². The molecule has 1 aliphatic heterocycles. The van der Waals surface area contributed by atoms with E-state index in [0.29, 0.717) is 6.54 Å². The van der Waals surface area contributed by atoms with Crippen molar-refractivity contribution in [2.75, 3.05) is 16.2 Å². The number of sulfonamides is 1. The van der Waals surface area contributed by atoms with Crippen molar-refractivity contribution in [3.05, 3.63) is 53.8 Å². The van der Waals surface area contributed by atoms with Gasteiger partial charge in [-0.05, 0) is 48.0 Å². The molecule has 25 heavy (non-hydrogen) atoms. The lowest BCUT2D eigenvalue weighted by Gasteiger charge is -2.19. The molecular weight excluding hydrogens is 343 g/mol. The van der Waals surface area contributed by atoms with E-state index in [-0.39, 0.29) is 21.9 Å². The number of benzene rings is 2. The Balaban J connectivity index is 1.99. The van der Waals surface area contributed by atoms with Crippen LogP contribution in [0.2, 0.25) is 0 Å². The molecule has 7 heteroatoms. The van der Waals surface area contributed by atoms with Crippen LogP contribution < -0.4 is 9.62 Å². The number of hydrogen-bond donors (Lipinski definition) is 1. The fourth-order valence-corrected chi connectivity index (χ4v) is 4.12. The highest BCUT2D eigenvalue weighted by Gasteiger charge is 2.37. The van der Waals surface area contributed by atoms with Gasteiger partial charge in [-0.2, -0.15) is 0 Å². The molecule has 1 aliphatic rings. The molecule has 0 spiro atoms. The van der Waals surface area contributed by atoms with E-state index >= 15 is 0 Å². The number of amides is 1. The van der Waals surface area contributed by atoms with E-state index in [4.69, 9.17) is 0 Å². The van der Waals surface area contributed by atoms with Gasteiger partial charge in [0, 0.05) is 30.3 Å². The van der Waals surface area contributed by atoms with Crippen LogP contribution in [0.5, 0.6) is 0 Å². The largest absolute Gasteiger partial charge is 0.311 e. The fraction of sp³-hybridized carbons (Fsp3) is 0.278. The Hall–Kier alpha value is -2.41. The zero-order chi connectivity index (χ0) is 18.4. The Labute approximate surface area is 146 Å². The van der Waals surface area contributed by atoms with Gasteiger partial charge in [0.15, 0.2) is 0 Å². The molecular formula is C18H19FN2O3S. The van der Waals surface area contributed by atoms with Crippen molar-refractivity contribution in [2.24, 2.45) is 0 Å². The highest BCUT2D eigenvalue weighted by molar-refractivity contribution is 7.92. The molecule has 0 saturated carbocycles. The first-order chi connectivity index (χ1) is 11.6. The second-order valence-electron chi connectivity index (χ2n) is 6.78. The monoisotopic (exact) mass is 362 g/mol. The number of nitrogens with zero attached hydrogens (tertiary/aromatic N) is 1. The zero-order valence-corrected chi connectivity index (χ0v) is 15.0. The molecule has 0 aliphatic carbocycles. The standard InChI is InChI=1S/C18H19FN2O3S/c1-12(22)21-11-18(2,3)16-10-15(8-9-17(16)21)25(23,24)20-14-6-4-13(19)5-7-14/h4-10,20H,11H2,1-3H3. The second kappa shape index (κ2) is 5.84. The number of nitrogens with one attached hydrogen (secondary N) is 1. The molecule has 0 fully saturated rings. The topological polar surface area (TPSA) is 66.5 Å². The van der Waals surface area contributed by atoms with Crippen LogP contribution in [-0.4, -0.2) is 20.9 Å². The number of halogens is 1. The van der Waals surface area contributed by atoms with E-state index in [1.165, 1.54) is 37.3 Å². The summed E-state index contributed by atoms with van der Waals surface area (Å²) in [5, 5.41) is 0. The average molecular weight is 362 g/mol. The first-order valence-electron chi connectivity index (χ1n) is 7.81. The van der Waals surface area contributed by atoms with Crippen LogP contribution in [0.1, 0.15) is 26.3 Å². The van der Waals surface area contributed by atoms with Crippen molar-refractivity contribution in [1.29, 1.82) is 0 Å². The Bertz CT molecular complexity index is 937. The van der Waals surface area contributed by atoms with Gasteiger partial charge in [-0.3, -0.25) is 9.52 Å². The molecule has 0 saturated heterocycles. The molecule has 0 unspecified atom stereocenters. The number of hydrogen-bond acceptors (Lipinski definition) is 3. The van der Waals surface area contributed by atoms with Crippen LogP contribution in [0.25, 0.3) is 0 Å². The van der Waals surface area contributed by atoms with Crippen molar-refractivity contribution < 1.29 is 17.6 Å². The van der Waals surface area contributed by atoms with Gasteiger partial charge in [0.25, 0.3) is 10.0 Å². The van der Waals surface area contributed by atoms with Gasteiger partial charge in [0.1, 0.15) is 5.82 Å². The molecule has 0 aromatic heterocycles. The average Bonchev–Trinajstić information content (AvgIpc) is 2.81. The maximum atomic E-state index is 13.0. The third-order valence-corrected chi connectivity index (χ3v) is 5.71. The summed E-state index contributed by atoms with van der Waals surface area (Å²) in [5.74, 6) is -0.515. The first kappa shape index (κ1) is 17.4. The molecule has 0 atom stereocenters. The number of carbonyl (C=O) groups excluding carboxylic acids is 1. The van der Waals surface area contributed by atoms with Crippen molar-refractivity contribution in [1.82, 2.24) is 0 Å². The predicted octanol–water partition coefficient (Wildman–Crippen LogP) is 3.27. The van der Waals surface area contributed by atoms with Crippen LogP contribution in [0.4, 0.5) is 15.8 Å². The van der Waals surface area contributed by atoms with Crippen molar-refractivity contribution in [3.63, 3.8) is 0 Å². The minimum atomic E-state index is -3.81. The Morgan fingerprint density at radius 1 is 1.16 bits per heavy atom. The SMILES string of the molecule is CC(=O)N1CC(C)(C)c2cc(S(=O)(=O)Nc3ccc(F)cc3)ccc21. The first-order valence-corrected chi connectivity index (χ1v) is 9.29. The van der Waals surface area contributed by atoms with Crippen molar-refractivity contribution in [2.45, 2.75) is 31.1 Å². The normalized spacial score (nSPS) is 15.8. The summed E-state index contributed by atoms with van der Waals surface area (Å²) in [4.78, 5) is 13.6. The van der Waals surface area contributed by atoms with Gasteiger partial charge in [0.05, 0.1) is 4.90 Å². The summed E-state index contributed by atoms with van der Waals surface area (Å²) >= 11 is 0.